The molecule has 0 saturated carbocycles. The fraction of sp³-hybridized carbons (Fsp3) is 0.250. The van der Waals surface area contributed by atoms with Crippen molar-refractivity contribution in [2.24, 2.45) is 0 Å². The van der Waals surface area contributed by atoms with Crippen molar-refractivity contribution in [3.63, 3.8) is 0 Å². The molecule has 0 aromatic heterocycles. The molecule has 19 heavy (non-hydrogen) atoms. The molecule has 1 atom stereocenters. The van der Waals surface area contributed by atoms with Crippen LogP contribution in [0, 0.1) is 12.7 Å². The van der Waals surface area contributed by atoms with Gasteiger partial charge in [0.05, 0.1) is 19.1 Å². The number of hydrogen-bond donors (Lipinski definition) is 0. The molecule has 98 valence electrons. The van der Waals surface area contributed by atoms with E-state index in [1.165, 1.54) is 0 Å². The van der Waals surface area contributed by atoms with Crippen molar-refractivity contribution < 1.29 is 13.9 Å². The molecule has 3 rings (SSSR count). The fourth-order valence-corrected chi connectivity index (χ4v) is 2.29. The summed E-state index contributed by atoms with van der Waals surface area (Å²) < 4.78 is 25.0. The Kier molecular flexibility index (Phi) is 3.11. The first-order chi connectivity index (χ1) is 9.25. The number of para-hydroxylation sites is 1. The number of fused-ring (bicyclic) bond motifs is 1. The summed E-state index contributed by atoms with van der Waals surface area (Å²) in [7, 11) is 0. The molecular formula is C16H15FO2. The van der Waals surface area contributed by atoms with Gasteiger partial charge in [-0.15, -0.1) is 0 Å². The molecule has 2 aromatic rings. The molecule has 2 nitrogen and oxygen atoms in total. The zero-order chi connectivity index (χ0) is 13.2. The summed E-state index contributed by atoms with van der Waals surface area (Å²) in [4.78, 5) is 0. The van der Waals surface area contributed by atoms with Crippen molar-refractivity contribution in [1.29, 1.82) is 0 Å². The zero-order valence-electron chi connectivity index (χ0n) is 10.7. The van der Waals surface area contributed by atoms with Gasteiger partial charge < -0.3 is 9.47 Å². The molecule has 1 aliphatic heterocycles. The highest BCUT2D eigenvalue weighted by atomic mass is 19.1. The van der Waals surface area contributed by atoms with E-state index in [0.717, 1.165) is 11.3 Å². The molecule has 0 aliphatic carbocycles. The van der Waals surface area contributed by atoms with Crippen molar-refractivity contribution in [2.75, 3.05) is 13.2 Å². The van der Waals surface area contributed by atoms with E-state index in [2.05, 4.69) is 0 Å². The lowest BCUT2D eigenvalue weighted by atomic mass is 10.0. The second-order valence-corrected chi connectivity index (χ2v) is 4.74. The van der Waals surface area contributed by atoms with E-state index in [1.807, 2.05) is 24.3 Å². The van der Waals surface area contributed by atoms with Crippen LogP contribution in [-0.4, -0.2) is 13.2 Å². The van der Waals surface area contributed by atoms with Gasteiger partial charge in [-0.1, -0.05) is 30.3 Å². The van der Waals surface area contributed by atoms with E-state index in [1.54, 1.807) is 25.1 Å². The molecule has 1 unspecified atom stereocenters. The highest BCUT2D eigenvalue weighted by Gasteiger charge is 2.24. The molecule has 2 aromatic carbocycles. The lowest BCUT2D eigenvalue weighted by Gasteiger charge is -2.12. The molecule has 1 heterocycles. The van der Waals surface area contributed by atoms with Crippen molar-refractivity contribution in [3.05, 3.63) is 59.4 Å². The molecule has 0 amide bonds. The van der Waals surface area contributed by atoms with E-state index in [-0.39, 0.29) is 11.7 Å². The van der Waals surface area contributed by atoms with Crippen molar-refractivity contribution in [1.82, 2.24) is 0 Å². The smallest absolute Gasteiger partial charge is 0.167 e. The molecule has 0 saturated heterocycles. The third-order valence-corrected chi connectivity index (χ3v) is 3.40. The summed E-state index contributed by atoms with van der Waals surface area (Å²) in [6, 6.07) is 13.1. The number of benzene rings is 2. The first-order valence-electron chi connectivity index (χ1n) is 6.35. The van der Waals surface area contributed by atoms with Crippen molar-refractivity contribution >= 4 is 0 Å². The van der Waals surface area contributed by atoms with Crippen LogP contribution in [0.4, 0.5) is 4.39 Å². The maximum Gasteiger partial charge on any atom is 0.167 e. The minimum absolute atomic E-state index is 0.163. The van der Waals surface area contributed by atoms with Gasteiger partial charge in [-0.05, 0) is 24.6 Å². The average molecular weight is 258 g/mol. The van der Waals surface area contributed by atoms with Crippen LogP contribution in [0.3, 0.4) is 0 Å². The monoisotopic (exact) mass is 258 g/mol. The van der Waals surface area contributed by atoms with Gasteiger partial charge in [0.15, 0.2) is 11.6 Å². The zero-order valence-corrected chi connectivity index (χ0v) is 10.7. The number of hydrogen-bond acceptors (Lipinski definition) is 2. The second kappa shape index (κ2) is 4.92. The first kappa shape index (κ1) is 12.0. The van der Waals surface area contributed by atoms with Crippen LogP contribution >= 0.6 is 0 Å². The third kappa shape index (κ3) is 2.28. The standard InChI is InChI=1S/C16H15FO2/c1-11-5-4-8-15(16(11)17)19-10-12-9-18-14-7-3-2-6-13(12)14/h2-8,12H,9-10H2,1H3. The van der Waals surface area contributed by atoms with Gasteiger partial charge in [-0.25, -0.2) is 4.39 Å². The Bertz CT molecular complexity index is 595. The van der Waals surface area contributed by atoms with Gasteiger partial charge in [-0.2, -0.15) is 0 Å². The van der Waals surface area contributed by atoms with Gasteiger partial charge in [0.1, 0.15) is 5.75 Å². The molecule has 0 N–H and O–H groups in total. The second-order valence-electron chi connectivity index (χ2n) is 4.74. The SMILES string of the molecule is Cc1cccc(OCC2COc3ccccc32)c1F. The van der Waals surface area contributed by atoms with Crippen LogP contribution in [0.25, 0.3) is 0 Å². The number of rotatable bonds is 3. The van der Waals surface area contributed by atoms with E-state index < -0.39 is 0 Å². The molecule has 0 radical (unpaired) electrons. The highest BCUT2D eigenvalue weighted by Crippen LogP contribution is 2.34. The predicted molar refractivity (Wildman–Crippen MR) is 71.3 cm³/mol. The van der Waals surface area contributed by atoms with Crippen LogP contribution in [0.1, 0.15) is 17.0 Å². The lowest BCUT2D eigenvalue weighted by Crippen LogP contribution is -2.12. The summed E-state index contributed by atoms with van der Waals surface area (Å²) in [5.41, 5.74) is 1.73. The van der Waals surface area contributed by atoms with E-state index in [4.69, 9.17) is 9.47 Å². The Morgan fingerprint density at radius 3 is 2.95 bits per heavy atom. The molecule has 0 bridgehead atoms. The minimum atomic E-state index is -0.283. The average Bonchev–Trinajstić information content (AvgIpc) is 2.84. The Balaban J connectivity index is 1.73. The van der Waals surface area contributed by atoms with Gasteiger partial charge in [0.2, 0.25) is 0 Å². The Morgan fingerprint density at radius 1 is 1.21 bits per heavy atom. The topological polar surface area (TPSA) is 18.5 Å². The van der Waals surface area contributed by atoms with Crippen LogP contribution in [0.2, 0.25) is 0 Å². The van der Waals surface area contributed by atoms with Crippen molar-refractivity contribution in [2.45, 2.75) is 12.8 Å². The van der Waals surface area contributed by atoms with E-state index >= 15 is 0 Å². The normalized spacial score (nSPS) is 16.8. The van der Waals surface area contributed by atoms with Crippen LogP contribution in [0.15, 0.2) is 42.5 Å². The summed E-state index contributed by atoms with van der Waals surface area (Å²) in [6.45, 7) is 2.75. The lowest BCUT2D eigenvalue weighted by molar-refractivity contribution is 0.241. The Labute approximate surface area is 111 Å². The summed E-state index contributed by atoms with van der Waals surface area (Å²) in [5, 5.41) is 0. The molecule has 1 aliphatic rings. The van der Waals surface area contributed by atoms with Crippen LogP contribution in [0.5, 0.6) is 11.5 Å². The van der Waals surface area contributed by atoms with Gasteiger partial charge >= 0.3 is 0 Å². The predicted octanol–water partition coefficient (Wildman–Crippen LogP) is 3.69. The summed E-state index contributed by atoms with van der Waals surface area (Å²) in [5.74, 6) is 1.09. The number of ether oxygens (including phenoxy) is 2. The van der Waals surface area contributed by atoms with Gasteiger partial charge in [0.25, 0.3) is 0 Å². The minimum Gasteiger partial charge on any atom is -0.493 e. The fourth-order valence-electron chi connectivity index (χ4n) is 2.29. The quantitative estimate of drug-likeness (QED) is 0.836. The summed E-state index contributed by atoms with van der Waals surface area (Å²) in [6.07, 6.45) is 0. The highest BCUT2D eigenvalue weighted by molar-refractivity contribution is 5.40. The van der Waals surface area contributed by atoms with Gasteiger partial charge in [-0.3, -0.25) is 0 Å². The molecule has 3 heteroatoms. The van der Waals surface area contributed by atoms with Crippen LogP contribution in [-0.2, 0) is 0 Å². The maximum atomic E-state index is 13.8. The van der Waals surface area contributed by atoms with Gasteiger partial charge in [0, 0.05) is 5.56 Å². The van der Waals surface area contributed by atoms with Crippen LogP contribution < -0.4 is 9.47 Å². The number of halogens is 1. The van der Waals surface area contributed by atoms with Crippen molar-refractivity contribution in [3.8, 4) is 11.5 Å². The Morgan fingerprint density at radius 2 is 2.05 bits per heavy atom. The largest absolute Gasteiger partial charge is 0.493 e. The van der Waals surface area contributed by atoms with E-state index in [9.17, 15) is 4.39 Å². The third-order valence-electron chi connectivity index (χ3n) is 3.40. The maximum absolute atomic E-state index is 13.8. The van der Waals surface area contributed by atoms with E-state index in [0.29, 0.717) is 24.5 Å². The first-order valence-corrected chi connectivity index (χ1v) is 6.35. The number of aryl methyl sites for hydroxylation is 1. The summed E-state index contributed by atoms with van der Waals surface area (Å²) >= 11 is 0. The Hall–Kier alpha value is -2.03. The molecule has 0 fully saturated rings. The molecule has 0 spiro atoms. The molecular weight excluding hydrogens is 243 g/mol.